The smallest absolute Gasteiger partial charge is 0.187 e. The predicted octanol–water partition coefficient (Wildman–Crippen LogP) is 1.57. The Kier molecular flexibility index (Phi) is 3.86. The van der Waals surface area contributed by atoms with E-state index in [2.05, 4.69) is 13.1 Å². The van der Waals surface area contributed by atoms with Crippen LogP contribution in [-0.2, 0) is 9.22 Å². The molecular weight excluding hydrogens is 196 g/mol. The molecule has 4 heteroatoms. The minimum absolute atomic E-state index is 0.0464. The van der Waals surface area contributed by atoms with Crippen molar-refractivity contribution in [1.29, 1.82) is 0 Å². The largest absolute Gasteiger partial charge is 0.414 e. The zero-order chi connectivity index (χ0) is 10.8. The third kappa shape index (κ3) is 2.90. The van der Waals surface area contributed by atoms with E-state index in [9.17, 15) is 4.79 Å². The molecule has 14 heavy (non-hydrogen) atoms. The highest BCUT2D eigenvalue weighted by atomic mass is 28.4. The topological polar surface area (TPSA) is 46.5 Å². The zero-order valence-electron chi connectivity index (χ0n) is 9.25. The van der Waals surface area contributed by atoms with Gasteiger partial charge < -0.3 is 9.53 Å². The number of hydrogen-bond acceptors (Lipinski definition) is 3. The van der Waals surface area contributed by atoms with Crippen LogP contribution in [0, 0.1) is 5.92 Å². The van der Waals surface area contributed by atoms with Crippen molar-refractivity contribution in [2.45, 2.75) is 45.0 Å². The number of carbonyl (C=O) groups excluding carboxylic acids is 1. The third-order valence-electron chi connectivity index (χ3n) is 2.96. The maximum absolute atomic E-state index is 11.3. The first-order valence-electron chi connectivity index (χ1n) is 5.27. The van der Waals surface area contributed by atoms with Gasteiger partial charge in [-0.3, -0.25) is 4.79 Å². The molecule has 0 saturated carbocycles. The van der Waals surface area contributed by atoms with Crippen LogP contribution in [0.15, 0.2) is 0 Å². The molecule has 1 heterocycles. The van der Waals surface area contributed by atoms with E-state index in [0.717, 1.165) is 12.8 Å². The van der Waals surface area contributed by atoms with Crippen LogP contribution in [0.4, 0.5) is 0 Å². The van der Waals surface area contributed by atoms with Crippen molar-refractivity contribution >= 4 is 14.1 Å². The highest BCUT2D eigenvalue weighted by molar-refractivity contribution is 6.71. The Morgan fingerprint density at radius 3 is 2.79 bits per heavy atom. The first-order valence-corrected chi connectivity index (χ1v) is 8.39. The predicted molar refractivity (Wildman–Crippen MR) is 57.7 cm³/mol. The highest BCUT2D eigenvalue weighted by Crippen LogP contribution is 2.29. The molecule has 1 aliphatic heterocycles. The lowest BCUT2D eigenvalue weighted by Crippen LogP contribution is -2.44. The minimum atomic E-state index is -1.51. The number of hydrogen-bond donors (Lipinski definition) is 1. The fourth-order valence-electron chi connectivity index (χ4n) is 1.96. The van der Waals surface area contributed by atoms with E-state index < -0.39 is 8.32 Å². The standard InChI is InChI=1S/C10H20O3Si/c1-8(9(12)7-11)10-5-4-6-14(2,3)13-10/h8,10-11H,4-7H2,1-3H3. The Morgan fingerprint density at radius 2 is 2.29 bits per heavy atom. The molecule has 1 aliphatic rings. The zero-order valence-corrected chi connectivity index (χ0v) is 10.2. The van der Waals surface area contributed by atoms with Crippen molar-refractivity contribution in [2.75, 3.05) is 6.61 Å². The molecule has 1 fully saturated rings. The van der Waals surface area contributed by atoms with E-state index >= 15 is 0 Å². The minimum Gasteiger partial charge on any atom is -0.414 e. The van der Waals surface area contributed by atoms with Gasteiger partial charge in [-0.15, -0.1) is 0 Å². The SMILES string of the molecule is CC(C(=O)CO)C1CCC[Si](C)(C)O1. The van der Waals surface area contributed by atoms with Crippen LogP contribution >= 0.6 is 0 Å². The van der Waals surface area contributed by atoms with Gasteiger partial charge in [-0.1, -0.05) is 13.3 Å². The van der Waals surface area contributed by atoms with E-state index in [-0.39, 0.29) is 24.4 Å². The lowest BCUT2D eigenvalue weighted by Gasteiger charge is -2.37. The van der Waals surface area contributed by atoms with Crippen LogP contribution < -0.4 is 0 Å². The van der Waals surface area contributed by atoms with Gasteiger partial charge in [0.2, 0.25) is 0 Å². The van der Waals surface area contributed by atoms with Crippen molar-refractivity contribution in [2.24, 2.45) is 5.92 Å². The van der Waals surface area contributed by atoms with Gasteiger partial charge in [-0.25, -0.2) is 0 Å². The van der Waals surface area contributed by atoms with Crippen LogP contribution in [0.5, 0.6) is 0 Å². The van der Waals surface area contributed by atoms with Crippen LogP contribution in [-0.4, -0.2) is 31.9 Å². The van der Waals surface area contributed by atoms with Crippen LogP contribution in [0.25, 0.3) is 0 Å². The summed E-state index contributed by atoms with van der Waals surface area (Å²) in [6.07, 6.45) is 2.17. The van der Waals surface area contributed by atoms with Gasteiger partial charge in [-0.2, -0.15) is 0 Å². The van der Waals surface area contributed by atoms with E-state index in [1.165, 1.54) is 6.04 Å². The normalized spacial score (nSPS) is 28.4. The molecule has 1 saturated heterocycles. The summed E-state index contributed by atoms with van der Waals surface area (Å²) in [6, 6.07) is 1.18. The van der Waals surface area contributed by atoms with Crippen molar-refractivity contribution < 1.29 is 14.3 Å². The second-order valence-electron chi connectivity index (χ2n) is 4.72. The van der Waals surface area contributed by atoms with E-state index in [0.29, 0.717) is 0 Å². The summed E-state index contributed by atoms with van der Waals surface area (Å²) < 4.78 is 5.97. The van der Waals surface area contributed by atoms with E-state index in [4.69, 9.17) is 9.53 Å². The molecule has 0 amide bonds. The Hall–Kier alpha value is -0.193. The summed E-state index contributed by atoms with van der Waals surface area (Å²) >= 11 is 0. The van der Waals surface area contributed by atoms with Crippen molar-refractivity contribution in [1.82, 2.24) is 0 Å². The number of carbonyl (C=O) groups is 1. The molecule has 0 aliphatic carbocycles. The number of rotatable bonds is 3. The van der Waals surface area contributed by atoms with E-state index in [1.54, 1.807) is 0 Å². The van der Waals surface area contributed by atoms with Crippen molar-refractivity contribution in [3.8, 4) is 0 Å². The molecule has 0 bridgehead atoms. The summed E-state index contributed by atoms with van der Waals surface area (Å²) in [6.45, 7) is 5.88. The Morgan fingerprint density at radius 1 is 1.64 bits per heavy atom. The quantitative estimate of drug-likeness (QED) is 0.728. The van der Waals surface area contributed by atoms with Gasteiger partial charge in [0.05, 0.1) is 6.10 Å². The molecular formula is C10H20O3Si. The maximum Gasteiger partial charge on any atom is 0.187 e. The summed E-state index contributed by atoms with van der Waals surface area (Å²) in [5, 5.41) is 8.77. The monoisotopic (exact) mass is 216 g/mol. The van der Waals surface area contributed by atoms with Crippen molar-refractivity contribution in [3.05, 3.63) is 0 Å². The molecule has 1 N–H and O–H groups in total. The van der Waals surface area contributed by atoms with Gasteiger partial charge in [-0.05, 0) is 25.6 Å². The fourth-order valence-corrected chi connectivity index (χ4v) is 4.27. The first-order chi connectivity index (χ1) is 6.46. The molecule has 2 unspecified atom stereocenters. The molecule has 0 spiro atoms. The van der Waals surface area contributed by atoms with E-state index in [1.807, 2.05) is 6.92 Å². The summed E-state index contributed by atoms with van der Waals surface area (Å²) in [7, 11) is -1.51. The average Bonchev–Trinajstić information content (AvgIpc) is 2.14. The van der Waals surface area contributed by atoms with Crippen LogP contribution in [0.3, 0.4) is 0 Å². The molecule has 82 valence electrons. The first kappa shape index (κ1) is 11.9. The number of Topliss-reactive ketones (excluding diaryl/α,β-unsaturated/α-hetero) is 1. The molecule has 2 atom stereocenters. The Bertz CT molecular complexity index is 215. The second kappa shape index (κ2) is 4.55. The molecule has 0 radical (unpaired) electrons. The lowest BCUT2D eigenvalue weighted by atomic mass is 9.96. The number of aliphatic hydroxyl groups excluding tert-OH is 1. The molecule has 0 aromatic rings. The summed E-state index contributed by atoms with van der Waals surface area (Å²) in [4.78, 5) is 11.3. The molecule has 3 nitrogen and oxygen atoms in total. The second-order valence-corrected chi connectivity index (χ2v) is 8.98. The molecule has 0 aromatic carbocycles. The highest BCUT2D eigenvalue weighted by Gasteiger charge is 2.35. The van der Waals surface area contributed by atoms with Crippen LogP contribution in [0.2, 0.25) is 19.1 Å². The van der Waals surface area contributed by atoms with Crippen LogP contribution in [0.1, 0.15) is 19.8 Å². The summed E-state index contributed by atoms with van der Waals surface area (Å²) in [5.74, 6) is -0.242. The molecule has 0 aromatic heterocycles. The van der Waals surface area contributed by atoms with Gasteiger partial charge in [0, 0.05) is 5.92 Å². The van der Waals surface area contributed by atoms with Gasteiger partial charge in [0.25, 0.3) is 0 Å². The average molecular weight is 216 g/mol. The molecule has 1 rings (SSSR count). The summed E-state index contributed by atoms with van der Waals surface area (Å²) in [5.41, 5.74) is 0. The lowest BCUT2D eigenvalue weighted by molar-refractivity contribution is -0.128. The van der Waals surface area contributed by atoms with Crippen molar-refractivity contribution in [3.63, 3.8) is 0 Å². The number of aliphatic hydroxyl groups is 1. The number of ketones is 1. The fraction of sp³-hybridized carbons (Fsp3) is 0.900. The van der Waals surface area contributed by atoms with Gasteiger partial charge in [0.1, 0.15) is 6.61 Å². The Balaban J connectivity index is 2.56. The van der Waals surface area contributed by atoms with Gasteiger partial charge >= 0.3 is 0 Å². The maximum atomic E-state index is 11.3. The third-order valence-corrected chi connectivity index (χ3v) is 5.46. The Labute approximate surface area is 86.6 Å². The van der Waals surface area contributed by atoms with Gasteiger partial charge in [0.15, 0.2) is 14.1 Å².